The van der Waals surface area contributed by atoms with E-state index in [0.717, 1.165) is 23.5 Å². The number of pyridine rings is 1. The highest BCUT2D eigenvalue weighted by Crippen LogP contribution is 2.16. The number of Topliss-reactive ketones (excluding diaryl/α,β-unsaturated/α-hetero) is 1. The smallest absolute Gasteiger partial charge is 0.184 e. The van der Waals surface area contributed by atoms with Crippen LogP contribution in [0.2, 0.25) is 0 Å². The number of carbonyl (C=O) groups is 1. The molecule has 0 saturated carbocycles. The van der Waals surface area contributed by atoms with Crippen molar-refractivity contribution in [3.63, 3.8) is 0 Å². The van der Waals surface area contributed by atoms with Gasteiger partial charge in [-0.05, 0) is 26.8 Å². The van der Waals surface area contributed by atoms with E-state index in [4.69, 9.17) is 0 Å². The first-order valence-corrected chi connectivity index (χ1v) is 6.39. The van der Waals surface area contributed by atoms with Gasteiger partial charge in [0.1, 0.15) is 0 Å². The second-order valence-electron chi connectivity index (χ2n) is 4.66. The molecule has 2 aromatic rings. The Balaban J connectivity index is 2.25. The van der Waals surface area contributed by atoms with Crippen LogP contribution in [-0.2, 0) is 13.1 Å². The van der Waals surface area contributed by atoms with Gasteiger partial charge in [0.2, 0.25) is 0 Å². The highest BCUT2D eigenvalue weighted by Gasteiger charge is 2.14. The molecular weight excluding hydrogens is 240 g/mol. The summed E-state index contributed by atoms with van der Waals surface area (Å²) in [6.45, 7) is 7.16. The van der Waals surface area contributed by atoms with E-state index in [1.54, 1.807) is 17.0 Å². The Morgan fingerprint density at radius 2 is 1.84 bits per heavy atom. The number of nitrogens with zero attached hydrogens (tertiary/aromatic N) is 2. The van der Waals surface area contributed by atoms with E-state index in [2.05, 4.69) is 11.5 Å². The first kappa shape index (κ1) is 13.3. The molecule has 19 heavy (non-hydrogen) atoms. The zero-order valence-corrected chi connectivity index (χ0v) is 11.5. The lowest BCUT2D eigenvalue weighted by Gasteiger charge is -2.07. The lowest BCUT2D eigenvalue weighted by molar-refractivity contribution is 0.0971. The molecule has 0 aliphatic heterocycles. The van der Waals surface area contributed by atoms with E-state index >= 15 is 0 Å². The summed E-state index contributed by atoms with van der Waals surface area (Å²) in [6, 6.07) is 4.86. The minimum atomic E-state index is -0.0483. The van der Waals surface area contributed by atoms with Crippen LogP contribution in [0.15, 0.2) is 35.4 Å². The Labute approximate surface area is 112 Å². The van der Waals surface area contributed by atoms with E-state index in [1.165, 1.54) is 12.1 Å². The predicted molar refractivity (Wildman–Crippen MR) is 74.6 cm³/mol. The van der Waals surface area contributed by atoms with Gasteiger partial charge in [0.15, 0.2) is 11.2 Å². The molecular formula is C15H18N2O2. The Hall–Kier alpha value is -2.10. The molecule has 0 aliphatic carbocycles. The highest BCUT2D eigenvalue weighted by atomic mass is 16.1. The number of aryl methyl sites for hydroxylation is 1. The van der Waals surface area contributed by atoms with E-state index in [-0.39, 0.29) is 17.8 Å². The zero-order chi connectivity index (χ0) is 14.0. The second kappa shape index (κ2) is 5.26. The standard InChI is InChI=1S/C15H18N2O2/c1-4-17-11(2)9-14(12(17)3)15(19)10-16-7-5-13(18)6-8-16/h5-9H,4,10H2,1-3H3. The maximum absolute atomic E-state index is 12.3. The van der Waals surface area contributed by atoms with Gasteiger partial charge in [0.05, 0.1) is 6.54 Å². The molecule has 0 amide bonds. The van der Waals surface area contributed by atoms with Crippen LogP contribution >= 0.6 is 0 Å². The molecule has 0 atom stereocenters. The molecule has 100 valence electrons. The van der Waals surface area contributed by atoms with Gasteiger partial charge < -0.3 is 9.13 Å². The quantitative estimate of drug-likeness (QED) is 0.789. The maximum atomic E-state index is 12.3. The molecule has 2 aromatic heterocycles. The van der Waals surface area contributed by atoms with Crippen molar-refractivity contribution in [1.82, 2.24) is 9.13 Å². The molecule has 0 aromatic carbocycles. The van der Waals surface area contributed by atoms with E-state index in [1.807, 2.05) is 19.9 Å². The normalized spacial score (nSPS) is 10.7. The zero-order valence-electron chi connectivity index (χ0n) is 11.5. The summed E-state index contributed by atoms with van der Waals surface area (Å²) in [6.07, 6.45) is 3.28. The molecule has 0 N–H and O–H groups in total. The summed E-state index contributed by atoms with van der Waals surface area (Å²) >= 11 is 0. The first-order chi connectivity index (χ1) is 9.02. The second-order valence-corrected chi connectivity index (χ2v) is 4.66. The Bertz CT molecular complexity index is 645. The average molecular weight is 258 g/mol. The van der Waals surface area contributed by atoms with Crippen LogP contribution < -0.4 is 5.43 Å². The van der Waals surface area contributed by atoms with Crippen LogP contribution in [0.3, 0.4) is 0 Å². The van der Waals surface area contributed by atoms with E-state index < -0.39 is 0 Å². The monoisotopic (exact) mass is 258 g/mol. The van der Waals surface area contributed by atoms with Crippen LogP contribution in [0.25, 0.3) is 0 Å². The van der Waals surface area contributed by atoms with Crippen LogP contribution in [0.4, 0.5) is 0 Å². The summed E-state index contributed by atoms with van der Waals surface area (Å²) < 4.78 is 3.85. The van der Waals surface area contributed by atoms with Crippen molar-refractivity contribution in [2.75, 3.05) is 0 Å². The van der Waals surface area contributed by atoms with E-state index in [0.29, 0.717) is 0 Å². The molecule has 0 radical (unpaired) electrons. The topological polar surface area (TPSA) is 44.0 Å². The van der Waals surface area contributed by atoms with Gasteiger partial charge in [-0.3, -0.25) is 9.59 Å². The number of carbonyl (C=O) groups excluding carboxylic acids is 1. The third-order valence-electron chi connectivity index (χ3n) is 3.38. The molecule has 0 unspecified atom stereocenters. The fourth-order valence-electron chi connectivity index (χ4n) is 2.37. The maximum Gasteiger partial charge on any atom is 0.184 e. The van der Waals surface area contributed by atoms with Gasteiger partial charge in [-0.25, -0.2) is 0 Å². The van der Waals surface area contributed by atoms with Gasteiger partial charge in [0.25, 0.3) is 0 Å². The lowest BCUT2D eigenvalue weighted by atomic mass is 10.1. The summed E-state index contributed by atoms with van der Waals surface area (Å²) in [5.41, 5.74) is 2.82. The third-order valence-corrected chi connectivity index (χ3v) is 3.38. The first-order valence-electron chi connectivity index (χ1n) is 6.39. The van der Waals surface area contributed by atoms with Crippen LogP contribution in [0, 0.1) is 13.8 Å². The van der Waals surface area contributed by atoms with Crippen molar-refractivity contribution in [3.8, 4) is 0 Å². The molecule has 0 bridgehead atoms. The van der Waals surface area contributed by atoms with Crippen molar-refractivity contribution in [2.45, 2.75) is 33.9 Å². The Morgan fingerprint density at radius 3 is 2.37 bits per heavy atom. The molecule has 0 aliphatic rings. The molecule has 0 spiro atoms. The SMILES string of the molecule is CCn1c(C)cc(C(=O)Cn2ccc(=O)cc2)c1C. The van der Waals surface area contributed by atoms with Gasteiger partial charge in [-0.2, -0.15) is 0 Å². The molecule has 0 fully saturated rings. The van der Waals surface area contributed by atoms with Crippen molar-refractivity contribution in [2.24, 2.45) is 0 Å². The van der Waals surface area contributed by atoms with Crippen molar-refractivity contribution < 1.29 is 4.79 Å². The molecule has 4 heteroatoms. The fourth-order valence-corrected chi connectivity index (χ4v) is 2.37. The molecule has 2 rings (SSSR count). The van der Waals surface area contributed by atoms with Gasteiger partial charge >= 0.3 is 0 Å². The minimum absolute atomic E-state index is 0.0483. The molecule has 0 saturated heterocycles. The van der Waals surface area contributed by atoms with Gasteiger partial charge in [-0.15, -0.1) is 0 Å². The summed E-state index contributed by atoms with van der Waals surface area (Å²) in [5, 5.41) is 0. The van der Waals surface area contributed by atoms with Crippen molar-refractivity contribution >= 4 is 5.78 Å². The number of ketones is 1. The lowest BCUT2D eigenvalue weighted by Crippen LogP contribution is -2.13. The van der Waals surface area contributed by atoms with Crippen molar-refractivity contribution in [1.29, 1.82) is 0 Å². The van der Waals surface area contributed by atoms with E-state index in [9.17, 15) is 9.59 Å². The summed E-state index contributed by atoms with van der Waals surface area (Å²) in [7, 11) is 0. The summed E-state index contributed by atoms with van der Waals surface area (Å²) in [5.74, 6) is 0.0662. The molecule has 4 nitrogen and oxygen atoms in total. The minimum Gasteiger partial charge on any atom is -0.349 e. The molecule has 2 heterocycles. The average Bonchev–Trinajstić information content (AvgIpc) is 2.67. The third kappa shape index (κ3) is 2.67. The Kier molecular flexibility index (Phi) is 3.69. The van der Waals surface area contributed by atoms with Crippen LogP contribution in [-0.4, -0.2) is 14.9 Å². The van der Waals surface area contributed by atoms with Crippen LogP contribution in [0.1, 0.15) is 28.7 Å². The number of aromatic nitrogens is 2. The number of rotatable bonds is 4. The Morgan fingerprint density at radius 1 is 1.21 bits per heavy atom. The fraction of sp³-hybridized carbons (Fsp3) is 0.333. The van der Waals surface area contributed by atoms with Gasteiger partial charge in [-0.1, -0.05) is 0 Å². The van der Waals surface area contributed by atoms with Crippen molar-refractivity contribution in [3.05, 3.63) is 57.8 Å². The predicted octanol–water partition coefficient (Wildman–Crippen LogP) is 2.17. The largest absolute Gasteiger partial charge is 0.349 e. The van der Waals surface area contributed by atoms with Gasteiger partial charge in [0, 0.05) is 48.0 Å². The number of hydrogen-bond acceptors (Lipinski definition) is 2. The highest BCUT2D eigenvalue weighted by molar-refractivity contribution is 5.97. The van der Waals surface area contributed by atoms with Crippen LogP contribution in [0.5, 0.6) is 0 Å². The summed E-state index contributed by atoms with van der Waals surface area (Å²) in [4.78, 5) is 23.3. The number of hydrogen-bond donors (Lipinski definition) is 0.